The monoisotopic (exact) mass is 312 g/mol. The van der Waals surface area contributed by atoms with Crippen LogP contribution in [-0.4, -0.2) is 23.4 Å². The predicted molar refractivity (Wildman–Crippen MR) is 94.6 cm³/mol. The standard InChI is InChI=1S/C18H20N2OS/c1-13-17(15-11-7-8-12-16(15)19-13)22(2,3)20-18(21)14-9-5-4-6-10-14/h4-12,19H,1-3H3,(H,20,21). The van der Waals surface area contributed by atoms with Crippen molar-refractivity contribution >= 4 is 27.0 Å². The number of carbonyl (C=O) groups is 1. The van der Waals surface area contributed by atoms with Gasteiger partial charge >= 0.3 is 0 Å². The van der Waals surface area contributed by atoms with E-state index in [1.165, 1.54) is 10.3 Å². The summed E-state index contributed by atoms with van der Waals surface area (Å²) in [5, 5.41) is 1.19. The van der Waals surface area contributed by atoms with Crippen LogP contribution in [0, 0.1) is 6.92 Å². The lowest BCUT2D eigenvalue weighted by atomic mass is 10.2. The van der Waals surface area contributed by atoms with Crippen molar-refractivity contribution in [2.75, 3.05) is 12.5 Å². The number of hydrogen-bond acceptors (Lipinski definition) is 1. The number of aryl methyl sites for hydroxylation is 1. The number of benzene rings is 2. The minimum Gasteiger partial charge on any atom is -0.358 e. The van der Waals surface area contributed by atoms with E-state index < -0.39 is 10.2 Å². The second-order valence-corrected chi connectivity index (χ2v) is 9.01. The molecule has 0 saturated carbocycles. The average molecular weight is 312 g/mol. The molecule has 0 aliphatic carbocycles. The number of nitrogens with one attached hydrogen (secondary N) is 2. The lowest BCUT2D eigenvalue weighted by molar-refractivity contribution is 0.0983. The molecule has 2 N–H and O–H groups in total. The second-order valence-electron chi connectivity index (χ2n) is 5.75. The molecular formula is C18H20N2OS. The molecule has 3 rings (SSSR count). The fraction of sp³-hybridized carbons (Fsp3) is 0.167. The van der Waals surface area contributed by atoms with E-state index in [0.29, 0.717) is 5.56 Å². The molecule has 1 heterocycles. The normalized spacial score (nSPS) is 12.3. The van der Waals surface area contributed by atoms with Gasteiger partial charge in [0.05, 0.1) is 0 Å². The fourth-order valence-corrected chi connectivity index (χ4v) is 5.07. The number of H-pyrrole nitrogens is 1. The molecule has 0 fully saturated rings. The third kappa shape index (κ3) is 2.62. The van der Waals surface area contributed by atoms with Gasteiger partial charge in [-0.2, -0.15) is 0 Å². The van der Waals surface area contributed by atoms with Gasteiger partial charge in [-0.15, -0.1) is 10.2 Å². The molecular weight excluding hydrogens is 292 g/mol. The van der Waals surface area contributed by atoms with Crippen LogP contribution >= 0.6 is 10.2 Å². The van der Waals surface area contributed by atoms with Crippen molar-refractivity contribution in [3.63, 3.8) is 0 Å². The van der Waals surface area contributed by atoms with Crippen molar-refractivity contribution in [1.29, 1.82) is 0 Å². The molecule has 1 aromatic heterocycles. The first kappa shape index (κ1) is 14.7. The van der Waals surface area contributed by atoms with Gasteiger partial charge in [0.15, 0.2) is 0 Å². The summed E-state index contributed by atoms with van der Waals surface area (Å²) in [6, 6.07) is 17.6. The van der Waals surface area contributed by atoms with E-state index >= 15 is 0 Å². The van der Waals surface area contributed by atoms with E-state index in [2.05, 4.69) is 41.3 Å². The SMILES string of the molecule is Cc1[nH]c2ccccc2c1S(C)(C)NC(=O)c1ccccc1. The van der Waals surface area contributed by atoms with Crippen molar-refractivity contribution in [3.05, 3.63) is 65.9 Å². The van der Waals surface area contributed by atoms with Gasteiger partial charge in [0.1, 0.15) is 0 Å². The molecule has 4 heteroatoms. The van der Waals surface area contributed by atoms with Crippen LogP contribution in [0.1, 0.15) is 16.1 Å². The zero-order chi connectivity index (χ0) is 15.7. The van der Waals surface area contributed by atoms with Crippen molar-refractivity contribution in [3.8, 4) is 0 Å². The number of amides is 1. The molecule has 0 unspecified atom stereocenters. The van der Waals surface area contributed by atoms with E-state index in [1.54, 1.807) is 0 Å². The van der Waals surface area contributed by atoms with Gasteiger partial charge < -0.3 is 9.71 Å². The maximum Gasteiger partial charge on any atom is 0.260 e. The molecule has 3 aromatic rings. The van der Waals surface area contributed by atoms with Crippen LogP contribution < -0.4 is 4.72 Å². The van der Waals surface area contributed by atoms with Gasteiger partial charge in [0, 0.05) is 27.1 Å². The summed E-state index contributed by atoms with van der Waals surface area (Å²) in [6.07, 6.45) is 4.24. The van der Waals surface area contributed by atoms with Gasteiger partial charge in [0.25, 0.3) is 5.91 Å². The summed E-state index contributed by atoms with van der Waals surface area (Å²) in [7, 11) is -1.45. The first-order valence-electron chi connectivity index (χ1n) is 7.17. The van der Waals surface area contributed by atoms with Crippen molar-refractivity contribution in [2.24, 2.45) is 0 Å². The Morgan fingerprint density at radius 1 is 1.00 bits per heavy atom. The number of para-hydroxylation sites is 1. The number of rotatable bonds is 3. The highest BCUT2D eigenvalue weighted by Crippen LogP contribution is 2.50. The van der Waals surface area contributed by atoms with Crippen LogP contribution in [0.15, 0.2) is 59.5 Å². The summed E-state index contributed by atoms with van der Waals surface area (Å²) < 4.78 is 3.23. The average Bonchev–Trinajstić information content (AvgIpc) is 2.84. The lowest BCUT2D eigenvalue weighted by Gasteiger charge is -2.33. The summed E-state index contributed by atoms with van der Waals surface area (Å²) >= 11 is 0. The van der Waals surface area contributed by atoms with Crippen LogP contribution in [0.5, 0.6) is 0 Å². The number of carbonyl (C=O) groups excluding carboxylic acids is 1. The first-order valence-corrected chi connectivity index (χ1v) is 9.62. The third-order valence-corrected chi connectivity index (χ3v) is 5.97. The lowest BCUT2D eigenvalue weighted by Crippen LogP contribution is -2.26. The molecule has 3 nitrogen and oxygen atoms in total. The van der Waals surface area contributed by atoms with Crippen LogP contribution in [0.3, 0.4) is 0 Å². The highest BCUT2D eigenvalue weighted by atomic mass is 32.3. The van der Waals surface area contributed by atoms with Gasteiger partial charge in [0.2, 0.25) is 0 Å². The molecule has 0 atom stereocenters. The zero-order valence-corrected chi connectivity index (χ0v) is 13.8. The van der Waals surface area contributed by atoms with Crippen LogP contribution in [0.2, 0.25) is 0 Å². The molecule has 22 heavy (non-hydrogen) atoms. The summed E-state index contributed by atoms with van der Waals surface area (Å²) in [6.45, 7) is 2.07. The Morgan fingerprint density at radius 3 is 2.36 bits per heavy atom. The number of aromatic amines is 1. The fourth-order valence-electron chi connectivity index (χ4n) is 2.84. The van der Waals surface area contributed by atoms with Crippen molar-refractivity contribution in [2.45, 2.75) is 11.8 Å². The van der Waals surface area contributed by atoms with E-state index in [1.807, 2.05) is 42.5 Å². The summed E-state index contributed by atoms with van der Waals surface area (Å²) in [5.74, 6) is -0.0229. The van der Waals surface area contributed by atoms with Gasteiger partial charge in [-0.05, 0) is 37.6 Å². The number of hydrogen-bond donors (Lipinski definition) is 2. The second kappa shape index (κ2) is 5.54. The van der Waals surface area contributed by atoms with Crippen LogP contribution in [0.25, 0.3) is 10.9 Å². The number of fused-ring (bicyclic) bond motifs is 1. The van der Waals surface area contributed by atoms with Gasteiger partial charge in [-0.25, -0.2) is 0 Å². The first-order chi connectivity index (χ1) is 10.5. The Morgan fingerprint density at radius 2 is 1.64 bits per heavy atom. The maximum atomic E-state index is 12.5. The molecule has 2 aromatic carbocycles. The van der Waals surface area contributed by atoms with E-state index in [4.69, 9.17) is 0 Å². The quantitative estimate of drug-likeness (QED) is 0.746. The Bertz CT molecular complexity index is 821. The smallest absolute Gasteiger partial charge is 0.260 e. The molecule has 0 aliphatic rings. The third-order valence-electron chi connectivity index (χ3n) is 3.73. The topological polar surface area (TPSA) is 44.9 Å². The van der Waals surface area contributed by atoms with Gasteiger partial charge in [-0.3, -0.25) is 4.79 Å². The minimum atomic E-state index is -1.45. The Kier molecular flexibility index (Phi) is 3.71. The highest BCUT2D eigenvalue weighted by molar-refractivity contribution is 8.31. The minimum absolute atomic E-state index is 0.0229. The Labute approximate surface area is 132 Å². The molecule has 114 valence electrons. The van der Waals surface area contributed by atoms with Crippen LogP contribution in [0.4, 0.5) is 0 Å². The van der Waals surface area contributed by atoms with Crippen molar-refractivity contribution < 1.29 is 4.79 Å². The predicted octanol–water partition coefficient (Wildman–Crippen LogP) is 4.24. The zero-order valence-electron chi connectivity index (χ0n) is 13.0. The summed E-state index contributed by atoms with van der Waals surface area (Å²) in [5.41, 5.74) is 2.93. The molecule has 0 aliphatic heterocycles. The van der Waals surface area contributed by atoms with Crippen LogP contribution in [-0.2, 0) is 0 Å². The van der Waals surface area contributed by atoms with E-state index in [0.717, 1.165) is 11.2 Å². The molecule has 0 radical (unpaired) electrons. The molecule has 0 bridgehead atoms. The molecule has 0 saturated heterocycles. The summed E-state index contributed by atoms with van der Waals surface area (Å²) in [4.78, 5) is 17.1. The van der Waals surface area contributed by atoms with E-state index in [9.17, 15) is 4.79 Å². The maximum absolute atomic E-state index is 12.5. The van der Waals surface area contributed by atoms with Crippen molar-refractivity contribution in [1.82, 2.24) is 9.71 Å². The highest BCUT2D eigenvalue weighted by Gasteiger charge is 2.24. The van der Waals surface area contributed by atoms with Gasteiger partial charge in [-0.1, -0.05) is 36.4 Å². The number of aromatic nitrogens is 1. The molecule has 0 spiro atoms. The largest absolute Gasteiger partial charge is 0.358 e. The van der Waals surface area contributed by atoms with E-state index in [-0.39, 0.29) is 5.91 Å². The Balaban J connectivity index is 1.98. The molecule has 1 amide bonds. The Hall–Kier alpha value is -2.20.